The quantitative estimate of drug-likeness (QED) is 0.235. The number of carboxylic acids is 1. The smallest absolute Gasteiger partial charge is 0.341 e. The van der Waals surface area contributed by atoms with Crippen LogP contribution in [0.3, 0.4) is 0 Å². The maximum Gasteiger partial charge on any atom is 0.341 e. The lowest BCUT2D eigenvalue weighted by Crippen LogP contribution is -2.37. The molecule has 3 aromatic rings. The Labute approximate surface area is 219 Å². The summed E-state index contributed by atoms with van der Waals surface area (Å²) < 4.78 is 12.0. The molecule has 0 aromatic heterocycles. The van der Waals surface area contributed by atoms with E-state index in [9.17, 15) is 4.79 Å². The zero-order chi connectivity index (χ0) is 26.4. The van der Waals surface area contributed by atoms with Crippen molar-refractivity contribution in [1.82, 2.24) is 5.32 Å². The Kier molecular flexibility index (Phi) is 8.47. The highest BCUT2D eigenvalue weighted by Crippen LogP contribution is 2.41. The van der Waals surface area contributed by atoms with Crippen molar-refractivity contribution in [3.8, 4) is 5.75 Å². The Morgan fingerprint density at radius 2 is 1.89 bits per heavy atom. The van der Waals surface area contributed by atoms with E-state index in [-0.39, 0.29) is 18.1 Å². The van der Waals surface area contributed by atoms with Crippen molar-refractivity contribution < 1.29 is 19.4 Å². The van der Waals surface area contributed by atoms with Gasteiger partial charge in [0.15, 0.2) is 6.61 Å². The zero-order valence-electron chi connectivity index (χ0n) is 21.7. The number of hydrogen-bond donors (Lipinski definition) is 2. The minimum atomic E-state index is -1.01. The van der Waals surface area contributed by atoms with Gasteiger partial charge in [0, 0.05) is 24.1 Å². The number of aliphatic carboxylic acids is 1. The van der Waals surface area contributed by atoms with E-state index in [0.717, 1.165) is 28.9 Å². The van der Waals surface area contributed by atoms with Gasteiger partial charge in [-0.05, 0) is 66.8 Å². The molecule has 0 spiro atoms. The van der Waals surface area contributed by atoms with Crippen molar-refractivity contribution in [3.63, 3.8) is 0 Å². The van der Waals surface area contributed by atoms with Gasteiger partial charge in [-0.25, -0.2) is 4.79 Å². The minimum absolute atomic E-state index is 0.0256. The Bertz CT molecular complexity index is 1330. The first-order valence-corrected chi connectivity index (χ1v) is 12.7. The molecular weight excluding hydrogens is 462 g/mol. The van der Waals surface area contributed by atoms with Gasteiger partial charge in [0.25, 0.3) is 0 Å². The van der Waals surface area contributed by atoms with Crippen molar-refractivity contribution in [2.24, 2.45) is 0 Å². The summed E-state index contributed by atoms with van der Waals surface area (Å²) >= 11 is 0. The summed E-state index contributed by atoms with van der Waals surface area (Å²) in [5, 5.41) is 15.3. The summed E-state index contributed by atoms with van der Waals surface area (Å²) in [6.45, 7) is 10.6. The second-order valence-electron chi connectivity index (χ2n) is 9.50. The second kappa shape index (κ2) is 11.9. The van der Waals surface area contributed by atoms with Crippen LogP contribution in [0.25, 0.3) is 10.8 Å². The fourth-order valence-electron chi connectivity index (χ4n) is 4.84. The number of rotatable bonds is 10. The molecule has 1 aliphatic rings. The topological polar surface area (TPSA) is 67.8 Å². The van der Waals surface area contributed by atoms with Crippen LogP contribution < -0.4 is 10.1 Å². The highest BCUT2D eigenvalue weighted by molar-refractivity contribution is 5.86. The first-order chi connectivity index (χ1) is 17.9. The molecule has 1 heterocycles. The van der Waals surface area contributed by atoms with Gasteiger partial charge in [-0.15, -0.1) is 0 Å². The molecule has 2 N–H and O–H groups in total. The molecule has 3 aromatic carbocycles. The molecule has 0 aliphatic carbocycles. The highest BCUT2D eigenvalue weighted by atomic mass is 16.5. The molecule has 0 amide bonds. The van der Waals surface area contributed by atoms with E-state index < -0.39 is 12.6 Å². The normalized spacial score (nSPS) is 18.6. The molecule has 0 saturated carbocycles. The van der Waals surface area contributed by atoms with E-state index >= 15 is 0 Å². The van der Waals surface area contributed by atoms with Gasteiger partial charge in [0.1, 0.15) is 17.6 Å². The van der Waals surface area contributed by atoms with Crippen molar-refractivity contribution in [3.05, 3.63) is 113 Å². The molecule has 0 radical (unpaired) electrons. The van der Waals surface area contributed by atoms with E-state index in [1.165, 1.54) is 16.3 Å². The number of hydrogen-bond acceptors (Lipinski definition) is 4. The van der Waals surface area contributed by atoms with Gasteiger partial charge in [-0.3, -0.25) is 0 Å². The number of ether oxygens (including phenoxy) is 2. The number of allylic oxidation sites excluding steroid dienone is 4. The van der Waals surface area contributed by atoms with Crippen LogP contribution in [0.4, 0.5) is 0 Å². The van der Waals surface area contributed by atoms with Crippen LogP contribution in [0.1, 0.15) is 50.3 Å². The van der Waals surface area contributed by atoms with Crippen LogP contribution >= 0.6 is 0 Å². The largest absolute Gasteiger partial charge is 0.489 e. The van der Waals surface area contributed by atoms with E-state index in [1.54, 1.807) is 0 Å². The highest BCUT2D eigenvalue weighted by Gasteiger charge is 2.30. The molecule has 3 atom stereocenters. The monoisotopic (exact) mass is 497 g/mol. The Hall–Kier alpha value is -3.83. The number of carboxylic acid groups (broad SMARTS) is 1. The van der Waals surface area contributed by atoms with E-state index in [4.69, 9.17) is 14.6 Å². The van der Waals surface area contributed by atoms with Crippen LogP contribution in [-0.4, -0.2) is 30.3 Å². The first kappa shape index (κ1) is 26.2. The van der Waals surface area contributed by atoms with Gasteiger partial charge in [0.05, 0.1) is 0 Å². The van der Waals surface area contributed by atoms with Crippen LogP contribution in [0, 0.1) is 0 Å². The summed E-state index contributed by atoms with van der Waals surface area (Å²) in [5.74, 6) is 0.396. The SMILES string of the molecule is C=C(/C=C(OCC(=O)O)\C(C)=C/C)[C@@H]1C[C@H](CN[C@H](C)c2cccc3ccccc23)Oc2ccccc21. The van der Waals surface area contributed by atoms with Crippen molar-refractivity contribution in [2.75, 3.05) is 13.2 Å². The molecule has 37 heavy (non-hydrogen) atoms. The fourth-order valence-corrected chi connectivity index (χ4v) is 4.84. The van der Waals surface area contributed by atoms with Crippen molar-refractivity contribution in [1.29, 1.82) is 0 Å². The summed E-state index contributed by atoms with van der Waals surface area (Å²) in [6.07, 6.45) is 4.48. The zero-order valence-corrected chi connectivity index (χ0v) is 21.7. The Morgan fingerprint density at radius 3 is 2.68 bits per heavy atom. The predicted molar refractivity (Wildman–Crippen MR) is 149 cm³/mol. The third-order valence-electron chi connectivity index (χ3n) is 6.97. The molecule has 0 bridgehead atoms. The molecule has 192 valence electrons. The van der Waals surface area contributed by atoms with Crippen LogP contribution in [0.5, 0.6) is 5.75 Å². The van der Waals surface area contributed by atoms with Gasteiger partial charge in [-0.1, -0.05) is 73.3 Å². The predicted octanol–water partition coefficient (Wildman–Crippen LogP) is 6.93. The average molecular weight is 498 g/mol. The lowest BCUT2D eigenvalue weighted by Gasteiger charge is -2.34. The van der Waals surface area contributed by atoms with E-state index in [1.807, 2.05) is 44.2 Å². The molecule has 0 unspecified atom stereocenters. The number of carbonyl (C=O) groups is 1. The third-order valence-corrected chi connectivity index (χ3v) is 6.97. The fraction of sp³-hybridized carbons (Fsp3) is 0.281. The molecule has 0 fully saturated rings. The van der Waals surface area contributed by atoms with E-state index in [2.05, 4.69) is 67.4 Å². The number of para-hydroxylation sites is 1. The van der Waals surface area contributed by atoms with Crippen LogP contribution in [0.15, 0.2) is 102 Å². The second-order valence-corrected chi connectivity index (χ2v) is 9.50. The minimum Gasteiger partial charge on any atom is -0.489 e. The summed E-state index contributed by atoms with van der Waals surface area (Å²) in [4.78, 5) is 11.1. The lowest BCUT2D eigenvalue weighted by atomic mass is 9.84. The maximum atomic E-state index is 11.1. The van der Waals surface area contributed by atoms with Gasteiger partial charge in [-0.2, -0.15) is 0 Å². The van der Waals surface area contributed by atoms with E-state index in [0.29, 0.717) is 12.3 Å². The summed E-state index contributed by atoms with van der Waals surface area (Å²) in [5.41, 5.74) is 4.08. The third kappa shape index (κ3) is 6.30. The van der Waals surface area contributed by atoms with Crippen molar-refractivity contribution >= 4 is 16.7 Å². The maximum absolute atomic E-state index is 11.1. The first-order valence-electron chi connectivity index (χ1n) is 12.7. The molecule has 1 aliphatic heterocycles. The van der Waals surface area contributed by atoms with Gasteiger partial charge >= 0.3 is 5.97 Å². The van der Waals surface area contributed by atoms with Crippen LogP contribution in [-0.2, 0) is 9.53 Å². The standard InChI is InChI=1S/C32H35NO4/c1-5-21(2)31(36-20-32(34)35)17-22(3)29-18-25(37-30-16-9-8-14-28(29)30)19-33-23(4)26-15-10-12-24-11-6-7-13-27(24)26/h5-17,23,25,29,33H,3,18-20H2,1-2,4H3,(H,34,35)/b21-5-,31-17+/t23-,25-,29+/m1/s1. The Morgan fingerprint density at radius 1 is 1.16 bits per heavy atom. The summed E-state index contributed by atoms with van der Waals surface area (Å²) in [7, 11) is 0. The van der Waals surface area contributed by atoms with Gasteiger partial charge in [0.2, 0.25) is 0 Å². The lowest BCUT2D eigenvalue weighted by molar-refractivity contribution is -0.140. The molecule has 4 rings (SSSR count). The molecule has 5 heteroatoms. The van der Waals surface area contributed by atoms with Crippen LogP contribution in [0.2, 0.25) is 0 Å². The summed E-state index contributed by atoms with van der Waals surface area (Å²) in [6, 6.07) is 23.1. The number of nitrogens with one attached hydrogen (secondary N) is 1. The molecule has 0 saturated heterocycles. The number of benzene rings is 3. The number of fused-ring (bicyclic) bond motifs is 2. The average Bonchev–Trinajstić information content (AvgIpc) is 2.92. The van der Waals surface area contributed by atoms with Crippen molar-refractivity contribution in [2.45, 2.75) is 45.3 Å². The molecular formula is C32H35NO4. The Balaban J connectivity index is 1.53. The van der Waals surface area contributed by atoms with Gasteiger partial charge < -0.3 is 19.9 Å². The molecule has 5 nitrogen and oxygen atoms in total.